The lowest BCUT2D eigenvalue weighted by molar-refractivity contribution is 0.0190. The van der Waals surface area contributed by atoms with Crippen molar-refractivity contribution < 1.29 is 9.47 Å². The van der Waals surface area contributed by atoms with Crippen LogP contribution < -0.4 is 19.7 Å². The number of ether oxygens (including phenoxy) is 2. The second-order valence-corrected chi connectivity index (χ2v) is 10.0. The van der Waals surface area contributed by atoms with Crippen LogP contribution in [0.15, 0.2) is 24.3 Å². The highest BCUT2D eigenvalue weighted by molar-refractivity contribution is 5.55. The Kier molecular flexibility index (Phi) is 5.62. The van der Waals surface area contributed by atoms with Crippen LogP contribution in [0.4, 0.5) is 5.82 Å². The highest BCUT2D eigenvalue weighted by atomic mass is 16.5. The lowest BCUT2D eigenvalue weighted by Gasteiger charge is -2.43. The normalized spacial score (nSPS) is 27.2. The number of fused-ring (bicyclic) bond motifs is 3. The highest BCUT2D eigenvalue weighted by Gasteiger charge is 2.43. The first-order chi connectivity index (χ1) is 16.2. The van der Waals surface area contributed by atoms with E-state index in [0.717, 1.165) is 82.1 Å². The number of likely N-dealkylation sites (tertiary alicyclic amines) is 1. The van der Waals surface area contributed by atoms with Gasteiger partial charge in [-0.2, -0.15) is 9.97 Å². The predicted octanol–water partition coefficient (Wildman–Crippen LogP) is 2.92. The lowest BCUT2D eigenvalue weighted by Crippen LogP contribution is -2.45. The Morgan fingerprint density at radius 3 is 2.82 bits per heavy atom. The average Bonchev–Trinajstić information content (AvgIpc) is 3.27. The first kappa shape index (κ1) is 21.2. The number of hydrogen-bond acceptors (Lipinski definition) is 7. The monoisotopic (exact) mass is 449 g/mol. The van der Waals surface area contributed by atoms with Gasteiger partial charge in [-0.3, -0.25) is 0 Å². The Bertz CT molecular complexity index is 1010. The molecule has 0 saturated carbocycles. The number of rotatable bonds is 4. The molecule has 2 saturated heterocycles. The van der Waals surface area contributed by atoms with Crippen LogP contribution in [0.2, 0.25) is 0 Å². The van der Waals surface area contributed by atoms with Crippen molar-refractivity contribution in [2.24, 2.45) is 0 Å². The summed E-state index contributed by atoms with van der Waals surface area (Å²) >= 11 is 0. The third kappa shape index (κ3) is 3.95. The molecule has 1 N–H and O–H groups in total. The molecule has 1 aromatic carbocycles. The summed E-state index contributed by atoms with van der Waals surface area (Å²) in [6.45, 7) is 5.60. The molecule has 0 radical (unpaired) electrons. The van der Waals surface area contributed by atoms with E-state index in [1.54, 1.807) is 0 Å². The number of anilines is 1. The van der Waals surface area contributed by atoms with E-state index in [1.165, 1.54) is 24.0 Å². The molecule has 7 heteroatoms. The zero-order valence-electron chi connectivity index (χ0n) is 19.7. The first-order valence-corrected chi connectivity index (χ1v) is 12.7. The summed E-state index contributed by atoms with van der Waals surface area (Å²) in [5, 5.41) is 3.45. The summed E-state index contributed by atoms with van der Waals surface area (Å²) < 4.78 is 13.1. The highest BCUT2D eigenvalue weighted by Crippen LogP contribution is 2.47. The largest absolute Gasteiger partial charge is 0.466 e. The quantitative estimate of drug-likeness (QED) is 0.770. The van der Waals surface area contributed by atoms with Crippen LogP contribution in [0, 0.1) is 0 Å². The first-order valence-electron chi connectivity index (χ1n) is 12.7. The van der Waals surface area contributed by atoms with E-state index in [9.17, 15) is 0 Å². The van der Waals surface area contributed by atoms with E-state index >= 15 is 0 Å². The van der Waals surface area contributed by atoms with Gasteiger partial charge in [-0.05, 0) is 69.7 Å². The van der Waals surface area contributed by atoms with E-state index < -0.39 is 0 Å². The smallest absolute Gasteiger partial charge is 0.321 e. The Hall–Kier alpha value is -2.38. The molecule has 2 atom stereocenters. The number of piperazine rings is 1. The van der Waals surface area contributed by atoms with Crippen molar-refractivity contribution >= 4 is 5.82 Å². The van der Waals surface area contributed by atoms with Crippen molar-refractivity contribution in [2.45, 2.75) is 56.6 Å². The van der Waals surface area contributed by atoms with Crippen molar-refractivity contribution in [1.82, 2.24) is 20.2 Å². The number of aryl methyl sites for hydroxylation is 1. The topological polar surface area (TPSA) is 62.8 Å². The second-order valence-electron chi connectivity index (χ2n) is 10.0. The van der Waals surface area contributed by atoms with E-state index in [2.05, 4.69) is 46.4 Å². The number of hydrogen-bond donors (Lipinski definition) is 1. The van der Waals surface area contributed by atoms with Gasteiger partial charge >= 0.3 is 6.01 Å². The molecule has 176 valence electrons. The van der Waals surface area contributed by atoms with Gasteiger partial charge in [-0.15, -0.1) is 0 Å². The minimum Gasteiger partial charge on any atom is -0.466 e. The maximum Gasteiger partial charge on any atom is 0.321 e. The Labute approximate surface area is 196 Å². The van der Waals surface area contributed by atoms with Crippen LogP contribution in [0.3, 0.4) is 0 Å². The fourth-order valence-corrected chi connectivity index (χ4v) is 6.11. The SMILES string of the molecule is CN1CCC[C@H]1COc1nc2c(c(N3CCNCC3)n1)CCC1(CCCc3ccccc31)O2. The molecule has 2 fully saturated rings. The standard InChI is InChI=1S/C26H35N5O2/c1-30-15-5-8-20(30)18-32-25-28-23(31-16-13-27-14-17-31)21-10-12-26(33-24(21)29-25)11-4-7-19-6-2-3-9-22(19)26/h2-3,6,9,20,27H,4-5,7-8,10-18H2,1H3/t20-,26?/m0/s1. The fourth-order valence-electron chi connectivity index (χ4n) is 6.11. The van der Waals surface area contributed by atoms with Gasteiger partial charge in [-0.25, -0.2) is 0 Å². The molecule has 6 rings (SSSR count). The molecule has 2 aromatic rings. The minimum absolute atomic E-state index is 0.278. The molecular formula is C26H35N5O2. The van der Waals surface area contributed by atoms with Crippen LogP contribution in [0.25, 0.3) is 0 Å². The Morgan fingerprint density at radius 1 is 1.09 bits per heavy atom. The van der Waals surface area contributed by atoms with E-state index in [1.807, 2.05) is 0 Å². The third-order valence-corrected chi connectivity index (χ3v) is 8.03. The molecule has 4 aliphatic rings. The zero-order valence-corrected chi connectivity index (χ0v) is 19.7. The molecule has 0 amide bonds. The van der Waals surface area contributed by atoms with Crippen molar-refractivity contribution in [1.29, 1.82) is 0 Å². The minimum atomic E-state index is -0.278. The van der Waals surface area contributed by atoms with Crippen molar-refractivity contribution in [2.75, 3.05) is 51.3 Å². The maximum atomic E-state index is 6.87. The lowest BCUT2D eigenvalue weighted by atomic mass is 9.75. The maximum absolute atomic E-state index is 6.87. The van der Waals surface area contributed by atoms with E-state index in [4.69, 9.17) is 19.4 Å². The number of benzene rings is 1. The van der Waals surface area contributed by atoms with E-state index in [0.29, 0.717) is 18.7 Å². The third-order valence-electron chi connectivity index (χ3n) is 8.03. The molecule has 1 spiro atoms. The molecule has 3 aliphatic heterocycles. The van der Waals surface area contributed by atoms with Crippen molar-refractivity contribution in [3.05, 3.63) is 41.0 Å². The van der Waals surface area contributed by atoms with Gasteiger partial charge < -0.3 is 24.6 Å². The van der Waals surface area contributed by atoms with Gasteiger partial charge in [0.1, 0.15) is 18.0 Å². The average molecular weight is 450 g/mol. The molecule has 1 aromatic heterocycles. The molecular weight excluding hydrogens is 414 g/mol. The summed E-state index contributed by atoms with van der Waals surface area (Å²) in [4.78, 5) is 14.6. The van der Waals surface area contributed by atoms with Gasteiger partial charge in [0.15, 0.2) is 0 Å². The Balaban J connectivity index is 1.34. The number of likely N-dealkylation sites (N-methyl/N-ethyl adjacent to an activating group) is 1. The summed E-state index contributed by atoms with van der Waals surface area (Å²) in [5.41, 5.74) is 3.64. The van der Waals surface area contributed by atoms with Gasteiger partial charge in [0.05, 0.1) is 5.56 Å². The van der Waals surface area contributed by atoms with Gasteiger partial charge in [-0.1, -0.05) is 24.3 Å². The van der Waals surface area contributed by atoms with Crippen LogP contribution in [-0.2, 0) is 18.4 Å². The van der Waals surface area contributed by atoms with Crippen LogP contribution >= 0.6 is 0 Å². The van der Waals surface area contributed by atoms with E-state index in [-0.39, 0.29) is 5.60 Å². The summed E-state index contributed by atoms with van der Waals surface area (Å²) in [7, 11) is 2.17. The molecule has 1 unspecified atom stereocenters. The second kappa shape index (κ2) is 8.76. The van der Waals surface area contributed by atoms with Crippen LogP contribution in [0.5, 0.6) is 11.9 Å². The van der Waals surface area contributed by atoms with Crippen LogP contribution in [-0.4, -0.2) is 67.3 Å². The Morgan fingerprint density at radius 2 is 1.97 bits per heavy atom. The van der Waals surface area contributed by atoms with Crippen LogP contribution in [0.1, 0.15) is 48.8 Å². The molecule has 33 heavy (non-hydrogen) atoms. The van der Waals surface area contributed by atoms with Crippen molar-refractivity contribution in [3.63, 3.8) is 0 Å². The predicted molar refractivity (Wildman–Crippen MR) is 128 cm³/mol. The zero-order chi connectivity index (χ0) is 22.3. The number of aromatic nitrogens is 2. The van der Waals surface area contributed by atoms with Gasteiger partial charge in [0.2, 0.25) is 5.88 Å². The van der Waals surface area contributed by atoms with Crippen molar-refractivity contribution in [3.8, 4) is 11.9 Å². The van der Waals surface area contributed by atoms with Gasteiger partial charge in [0.25, 0.3) is 0 Å². The summed E-state index contributed by atoms with van der Waals surface area (Å²) in [5.74, 6) is 1.74. The fraction of sp³-hybridized carbons (Fsp3) is 0.615. The summed E-state index contributed by atoms with van der Waals surface area (Å²) in [6.07, 6.45) is 7.64. The number of nitrogens with one attached hydrogen (secondary N) is 1. The molecule has 7 nitrogen and oxygen atoms in total. The molecule has 0 bridgehead atoms. The number of nitrogens with zero attached hydrogens (tertiary/aromatic N) is 4. The molecule has 4 heterocycles. The van der Waals surface area contributed by atoms with Gasteiger partial charge in [0, 0.05) is 32.2 Å². The molecule has 1 aliphatic carbocycles. The summed E-state index contributed by atoms with van der Waals surface area (Å²) in [6, 6.07) is 9.70.